The summed E-state index contributed by atoms with van der Waals surface area (Å²) in [7, 11) is 0. The monoisotopic (exact) mass is 964 g/mol. The molecule has 68 heavy (non-hydrogen) atoms. The van der Waals surface area contributed by atoms with E-state index in [2.05, 4.69) is 66.3 Å². The van der Waals surface area contributed by atoms with Crippen LogP contribution in [0.1, 0.15) is 127 Å². The van der Waals surface area contributed by atoms with E-state index in [0.29, 0.717) is 38.8 Å². The molecule has 23 nitrogen and oxygen atoms in total. The lowest BCUT2D eigenvalue weighted by Crippen LogP contribution is -2.59. The summed E-state index contributed by atoms with van der Waals surface area (Å²) in [6, 6.07) is -10.2. The fourth-order valence-electron chi connectivity index (χ4n) is 6.32. The van der Waals surface area contributed by atoms with Crippen molar-refractivity contribution >= 4 is 58.8 Å². The Morgan fingerprint density at radius 3 is 1.26 bits per heavy atom. The molecule has 0 spiro atoms. The van der Waals surface area contributed by atoms with E-state index in [9.17, 15) is 47.9 Å². The van der Waals surface area contributed by atoms with Crippen LogP contribution in [0.2, 0.25) is 0 Å². The molecular weight excluding hydrogens is 883 g/mol. The second-order valence-electron chi connectivity index (χ2n) is 17.6. The minimum atomic E-state index is -1.49. The average molecular weight is 964 g/mol. The van der Waals surface area contributed by atoms with Gasteiger partial charge in [0.25, 0.3) is 0 Å². The van der Waals surface area contributed by atoms with E-state index in [1.165, 1.54) is 41.5 Å². The van der Waals surface area contributed by atoms with Crippen LogP contribution in [-0.4, -0.2) is 126 Å². The zero-order valence-corrected chi connectivity index (χ0v) is 41.5. The second-order valence-corrected chi connectivity index (χ2v) is 17.6. The van der Waals surface area contributed by atoms with Crippen molar-refractivity contribution in [2.24, 2.45) is 23.1 Å². The first kappa shape index (κ1) is 61.7. The van der Waals surface area contributed by atoms with Crippen molar-refractivity contribution in [1.82, 2.24) is 53.2 Å². The summed E-state index contributed by atoms with van der Waals surface area (Å²) in [4.78, 5) is 130. The number of amides is 8. The maximum Gasteiger partial charge on any atom is 0.243 e. The van der Waals surface area contributed by atoms with Crippen molar-refractivity contribution in [3.8, 4) is 0 Å². The molecule has 0 aromatic heterocycles. The van der Waals surface area contributed by atoms with Gasteiger partial charge in [0.15, 0.2) is 5.78 Å². The quantitative estimate of drug-likeness (QED) is 0.0308. The van der Waals surface area contributed by atoms with E-state index < -0.39 is 114 Å². The molecule has 0 saturated carbocycles. The number of hydrogen-bond donors (Lipinski definition) is 13. The number of Topliss-reactive ketones (excluding diaryl/α,β-unsaturated/α-hetero) is 2. The zero-order chi connectivity index (χ0) is 52.3. The molecule has 0 saturated heterocycles. The first-order valence-electron chi connectivity index (χ1n) is 23.2. The number of nitrogens with one attached hydrogen (secondary N) is 10. The molecule has 0 radical (unpaired) electrons. The fraction of sp³-hybridized carbons (Fsp3) is 0.689. The summed E-state index contributed by atoms with van der Waals surface area (Å²) in [6.07, 6.45) is 3.50. The lowest BCUT2D eigenvalue weighted by atomic mass is 10.0. The SMILES string of the molecule is C=C(N)NCCC[C@H](NC(=O)[C@@H](N)CCCNC(=C)N)C(=O)N[C@@H](C)C(=O)N[C@@H](CC(C)=O)C(=O)N[C@@H](C)C(=O)N[C@@H](C)C(=O)N[C@@H](CC(C)C)C(=O)N[C@@H](CCCCC)C(=O)N[C@@H](C)C(C)=O. The van der Waals surface area contributed by atoms with Crippen molar-refractivity contribution in [2.75, 3.05) is 13.1 Å². The first-order chi connectivity index (χ1) is 31.7. The van der Waals surface area contributed by atoms with Gasteiger partial charge in [-0.15, -0.1) is 0 Å². The van der Waals surface area contributed by atoms with Crippen molar-refractivity contribution in [2.45, 2.75) is 181 Å². The van der Waals surface area contributed by atoms with Crippen LogP contribution < -0.4 is 70.4 Å². The van der Waals surface area contributed by atoms with Gasteiger partial charge in [-0.2, -0.15) is 0 Å². The van der Waals surface area contributed by atoms with Gasteiger partial charge in [0, 0.05) is 19.5 Å². The minimum absolute atomic E-state index is 0.0776. The number of hydrogen-bond acceptors (Lipinski definition) is 15. The van der Waals surface area contributed by atoms with Crippen molar-refractivity contribution in [3.63, 3.8) is 0 Å². The molecule has 0 rings (SSSR count). The van der Waals surface area contributed by atoms with Gasteiger partial charge >= 0.3 is 0 Å². The van der Waals surface area contributed by atoms with Gasteiger partial charge in [0.05, 0.1) is 23.7 Å². The molecular formula is C45H81N13O10. The highest BCUT2D eigenvalue weighted by molar-refractivity contribution is 5.99. The second kappa shape index (κ2) is 32.4. The summed E-state index contributed by atoms with van der Waals surface area (Å²) >= 11 is 0. The predicted molar refractivity (Wildman–Crippen MR) is 257 cm³/mol. The molecule has 0 fully saturated rings. The molecule has 8 amide bonds. The highest BCUT2D eigenvalue weighted by Gasteiger charge is 2.33. The highest BCUT2D eigenvalue weighted by Crippen LogP contribution is 2.10. The topological polar surface area (TPSA) is 369 Å². The predicted octanol–water partition coefficient (Wildman–Crippen LogP) is -1.93. The van der Waals surface area contributed by atoms with Gasteiger partial charge in [0.1, 0.15) is 48.1 Å². The standard InChI is InChI=1S/C45H81N13O10/c1-12-13-14-18-34(42(65)51-26(5)30(9)60)56-45(68)36(22-24(2)3)57-39(62)28(7)52-38(61)27(6)54-44(67)37(23-25(4)59)58-40(63)29(8)53-43(66)35(19-16-21-50-32(11)47)55-41(64)33(48)17-15-20-49-31(10)46/h24,26-29,33-37,49-50H,10-23,46-48H2,1-9H3,(H,51,65)(H,52,61)(H,53,66)(H,54,67)(H,55,64)(H,56,68)(H,57,62)(H,58,63)/t26-,27-,28-,29-,33-,34-,35-,36-,37-/m0/s1. The molecule has 0 heterocycles. The number of unbranched alkanes of at least 4 members (excludes halogenated alkanes) is 2. The van der Waals surface area contributed by atoms with E-state index in [1.54, 1.807) is 0 Å². The van der Waals surface area contributed by atoms with Crippen LogP contribution in [0.3, 0.4) is 0 Å². The van der Waals surface area contributed by atoms with Crippen LogP contribution >= 0.6 is 0 Å². The van der Waals surface area contributed by atoms with Gasteiger partial charge in [-0.1, -0.05) is 53.2 Å². The normalized spacial score (nSPS) is 14.9. The Bertz CT molecular complexity index is 1760. The Hall–Kier alpha value is -6.26. The third-order valence-electron chi connectivity index (χ3n) is 10.5. The molecule has 9 atom stereocenters. The minimum Gasteiger partial charge on any atom is -0.386 e. The molecule has 0 aliphatic heterocycles. The Morgan fingerprint density at radius 2 is 0.824 bits per heavy atom. The van der Waals surface area contributed by atoms with E-state index in [1.807, 2.05) is 20.8 Å². The number of nitrogens with two attached hydrogens (primary N) is 3. The Labute approximate surface area is 401 Å². The van der Waals surface area contributed by atoms with Crippen molar-refractivity contribution in [3.05, 3.63) is 24.8 Å². The molecule has 386 valence electrons. The summed E-state index contributed by atoms with van der Waals surface area (Å²) in [6.45, 7) is 21.6. The van der Waals surface area contributed by atoms with Crippen LogP contribution in [0.25, 0.3) is 0 Å². The van der Waals surface area contributed by atoms with Crippen LogP contribution in [-0.2, 0) is 47.9 Å². The molecule has 0 bridgehead atoms. The third kappa shape index (κ3) is 26.2. The number of carbonyl (C=O) groups excluding carboxylic acids is 10. The molecule has 23 heteroatoms. The molecule has 0 aliphatic rings. The lowest BCUT2D eigenvalue weighted by molar-refractivity contribution is -0.136. The molecule has 0 unspecified atom stereocenters. The first-order valence-corrected chi connectivity index (χ1v) is 23.2. The van der Waals surface area contributed by atoms with Gasteiger partial charge in [-0.05, 0) is 86.0 Å². The van der Waals surface area contributed by atoms with Gasteiger partial charge < -0.3 is 70.4 Å². The largest absolute Gasteiger partial charge is 0.386 e. The third-order valence-corrected chi connectivity index (χ3v) is 10.5. The molecule has 0 aromatic carbocycles. The number of carbonyl (C=O) groups is 10. The van der Waals surface area contributed by atoms with Gasteiger partial charge in [0.2, 0.25) is 47.3 Å². The summed E-state index contributed by atoms with van der Waals surface area (Å²) in [5.41, 5.74) is 17.1. The average Bonchev–Trinajstić information content (AvgIpc) is 3.24. The van der Waals surface area contributed by atoms with Gasteiger partial charge in [-0.3, -0.25) is 47.9 Å². The summed E-state index contributed by atoms with van der Waals surface area (Å²) < 4.78 is 0. The molecule has 0 aromatic rings. The number of ketones is 2. The molecule has 0 aliphatic carbocycles. The Kier molecular flexibility index (Phi) is 29.5. The summed E-state index contributed by atoms with van der Waals surface area (Å²) in [5, 5.41) is 26.1. The number of rotatable bonds is 35. The van der Waals surface area contributed by atoms with Crippen molar-refractivity contribution in [1.29, 1.82) is 0 Å². The van der Waals surface area contributed by atoms with E-state index in [-0.39, 0.29) is 42.6 Å². The van der Waals surface area contributed by atoms with Crippen LogP contribution in [0.15, 0.2) is 24.8 Å². The van der Waals surface area contributed by atoms with Crippen LogP contribution in [0.5, 0.6) is 0 Å². The Morgan fingerprint density at radius 1 is 0.456 bits per heavy atom. The lowest BCUT2D eigenvalue weighted by Gasteiger charge is -2.26. The maximum atomic E-state index is 13.6. The van der Waals surface area contributed by atoms with E-state index in [4.69, 9.17) is 17.2 Å². The smallest absolute Gasteiger partial charge is 0.243 e. The fourth-order valence-corrected chi connectivity index (χ4v) is 6.32. The zero-order valence-electron chi connectivity index (χ0n) is 41.5. The van der Waals surface area contributed by atoms with E-state index >= 15 is 0 Å². The summed E-state index contributed by atoms with van der Waals surface area (Å²) in [5.74, 6) is -6.20. The maximum absolute atomic E-state index is 13.6. The molecule has 16 N–H and O–H groups in total. The van der Waals surface area contributed by atoms with Gasteiger partial charge in [-0.25, -0.2) is 0 Å². The highest BCUT2D eigenvalue weighted by atomic mass is 16.2. The Balaban J connectivity index is 5.80. The van der Waals surface area contributed by atoms with Crippen molar-refractivity contribution < 1.29 is 47.9 Å². The van der Waals surface area contributed by atoms with E-state index in [0.717, 1.165) is 12.8 Å². The van der Waals surface area contributed by atoms with Crippen LogP contribution in [0, 0.1) is 5.92 Å². The van der Waals surface area contributed by atoms with Crippen LogP contribution in [0.4, 0.5) is 0 Å².